The van der Waals surface area contributed by atoms with E-state index in [1.54, 1.807) is 12.1 Å². The van der Waals surface area contributed by atoms with E-state index in [0.717, 1.165) is 22.4 Å². The molecule has 0 aliphatic carbocycles. The lowest BCUT2D eigenvalue weighted by Crippen LogP contribution is -2.33. The van der Waals surface area contributed by atoms with Gasteiger partial charge in [-0.2, -0.15) is 0 Å². The molecule has 0 saturated heterocycles. The zero-order valence-electron chi connectivity index (χ0n) is 15.8. The molecule has 138 valence electrons. The first-order valence-electron chi connectivity index (χ1n) is 8.55. The molecule has 1 heterocycles. The van der Waals surface area contributed by atoms with E-state index in [1.807, 2.05) is 46.8 Å². The van der Waals surface area contributed by atoms with Crippen molar-refractivity contribution in [3.63, 3.8) is 0 Å². The number of carbonyl (C=O) groups is 2. The first kappa shape index (κ1) is 19.4. The van der Waals surface area contributed by atoms with Gasteiger partial charge in [0.15, 0.2) is 0 Å². The van der Waals surface area contributed by atoms with Crippen LogP contribution in [0.15, 0.2) is 30.5 Å². The lowest BCUT2D eigenvalue weighted by molar-refractivity contribution is -0.115. The van der Waals surface area contributed by atoms with Crippen LogP contribution in [0, 0.1) is 20.8 Å². The van der Waals surface area contributed by atoms with Crippen molar-refractivity contribution >= 4 is 17.5 Å². The number of anilines is 1. The van der Waals surface area contributed by atoms with Crippen molar-refractivity contribution in [1.29, 1.82) is 0 Å². The fraction of sp³-hybridized carbons (Fsp3) is 0.350. The fourth-order valence-electron chi connectivity index (χ4n) is 2.65. The Morgan fingerprint density at radius 2 is 1.77 bits per heavy atom. The van der Waals surface area contributed by atoms with Crippen LogP contribution in [0.4, 0.5) is 5.69 Å². The maximum atomic E-state index is 12.2. The summed E-state index contributed by atoms with van der Waals surface area (Å²) in [4.78, 5) is 28.4. The maximum absolute atomic E-state index is 12.2. The van der Waals surface area contributed by atoms with Crippen LogP contribution in [-0.4, -0.2) is 29.4 Å². The number of amides is 2. The molecule has 0 aliphatic rings. The predicted octanol–water partition coefficient (Wildman–Crippen LogP) is 3.16. The summed E-state index contributed by atoms with van der Waals surface area (Å²) in [6.45, 7) is 9.59. The molecule has 26 heavy (non-hydrogen) atoms. The summed E-state index contributed by atoms with van der Waals surface area (Å²) in [5, 5.41) is 5.45. The Morgan fingerprint density at radius 1 is 1.12 bits per heavy atom. The van der Waals surface area contributed by atoms with Crippen LogP contribution in [-0.2, 0) is 4.79 Å². The summed E-state index contributed by atoms with van der Waals surface area (Å²) < 4.78 is 5.44. The van der Waals surface area contributed by atoms with Gasteiger partial charge in [-0.3, -0.25) is 9.59 Å². The number of benzene rings is 1. The third-order valence-electron chi connectivity index (χ3n) is 3.71. The SMILES string of the molecule is Cc1cc(C)c(NC(=O)CNC(=O)c2ccc(OC(C)C)nc2)c(C)c1. The molecule has 6 heteroatoms. The normalized spacial score (nSPS) is 10.5. The van der Waals surface area contributed by atoms with Crippen LogP contribution in [0.5, 0.6) is 5.88 Å². The van der Waals surface area contributed by atoms with Gasteiger partial charge in [0.25, 0.3) is 5.91 Å². The summed E-state index contributed by atoms with van der Waals surface area (Å²) in [6.07, 6.45) is 1.44. The molecule has 1 aromatic carbocycles. The van der Waals surface area contributed by atoms with E-state index >= 15 is 0 Å². The molecule has 1 aromatic heterocycles. The van der Waals surface area contributed by atoms with Crippen molar-refractivity contribution in [3.05, 3.63) is 52.7 Å². The highest BCUT2D eigenvalue weighted by atomic mass is 16.5. The number of ether oxygens (including phenoxy) is 1. The monoisotopic (exact) mass is 355 g/mol. The lowest BCUT2D eigenvalue weighted by Gasteiger charge is -2.13. The van der Waals surface area contributed by atoms with E-state index in [-0.39, 0.29) is 24.5 Å². The van der Waals surface area contributed by atoms with E-state index in [4.69, 9.17) is 4.74 Å². The quantitative estimate of drug-likeness (QED) is 0.834. The van der Waals surface area contributed by atoms with Crippen LogP contribution in [0.25, 0.3) is 0 Å². The molecule has 0 radical (unpaired) electrons. The number of rotatable bonds is 6. The second kappa shape index (κ2) is 8.47. The van der Waals surface area contributed by atoms with Gasteiger partial charge in [0, 0.05) is 18.0 Å². The number of nitrogens with zero attached hydrogens (tertiary/aromatic N) is 1. The van der Waals surface area contributed by atoms with Gasteiger partial charge in [-0.1, -0.05) is 17.7 Å². The van der Waals surface area contributed by atoms with Gasteiger partial charge in [0.2, 0.25) is 11.8 Å². The number of hydrogen-bond acceptors (Lipinski definition) is 4. The van der Waals surface area contributed by atoms with Crippen LogP contribution >= 0.6 is 0 Å². The largest absolute Gasteiger partial charge is 0.475 e. The minimum absolute atomic E-state index is 0.0135. The minimum atomic E-state index is -0.360. The number of aryl methyl sites for hydroxylation is 3. The Balaban J connectivity index is 1.92. The summed E-state index contributed by atoms with van der Waals surface area (Å²) in [5.74, 6) is -0.179. The average Bonchev–Trinajstić information content (AvgIpc) is 2.56. The lowest BCUT2D eigenvalue weighted by atomic mass is 10.1. The highest BCUT2D eigenvalue weighted by Gasteiger charge is 2.11. The second-order valence-electron chi connectivity index (χ2n) is 6.56. The highest BCUT2D eigenvalue weighted by Crippen LogP contribution is 2.21. The van der Waals surface area contributed by atoms with Crippen LogP contribution < -0.4 is 15.4 Å². The maximum Gasteiger partial charge on any atom is 0.253 e. The Kier molecular flexibility index (Phi) is 6.33. The van der Waals surface area contributed by atoms with E-state index in [2.05, 4.69) is 15.6 Å². The standard InChI is InChI=1S/C20H25N3O3/c1-12(2)26-18-7-6-16(10-21-18)20(25)22-11-17(24)23-19-14(4)8-13(3)9-15(19)5/h6-10,12H,11H2,1-5H3,(H,22,25)(H,23,24). The summed E-state index contributed by atoms with van der Waals surface area (Å²) >= 11 is 0. The van der Waals surface area contributed by atoms with E-state index in [0.29, 0.717) is 11.4 Å². The highest BCUT2D eigenvalue weighted by molar-refractivity contribution is 5.99. The third kappa shape index (κ3) is 5.31. The predicted molar refractivity (Wildman–Crippen MR) is 102 cm³/mol. The zero-order valence-corrected chi connectivity index (χ0v) is 15.8. The first-order chi connectivity index (χ1) is 12.3. The van der Waals surface area contributed by atoms with Gasteiger partial charge in [-0.05, 0) is 51.8 Å². The van der Waals surface area contributed by atoms with Gasteiger partial charge in [-0.15, -0.1) is 0 Å². The number of hydrogen-bond donors (Lipinski definition) is 2. The number of nitrogens with one attached hydrogen (secondary N) is 2. The molecule has 2 rings (SSSR count). The molecular formula is C20H25N3O3. The van der Waals surface area contributed by atoms with Crippen LogP contribution in [0.3, 0.4) is 0 Å². The minimum Gasteiger partial charge on any atom is -0.475 e. The smallest absolute Gasteiger partial charge is 0.253 e. The Labute approximate surface area is 154 Å². The van der Waals surface area contributed by atoms with Crippen molar-refractivity contribution < 1.29 is 14.3 Å². The van der Waals surface area contributed by atoms with Crippen LogP contribution in [0.1, 0.15) is 40.9 Å². The molecule has 6 nitrogen and oxygen atoms in total. The fourth-order valence-corrected chi connectivity index (χ4v) is 2.65. The van der Waals surface area contributed by atoms with Crippen LogP contribution in [0.2, 0.25) is 0 Å². The van der Waals surface area contributed by atoms with Crippen molar-refractivity contribution in [3.8, 4) is 5.88 Å². The number of aromatic nitrogens is 1. The van der Waals surface area contributed by atoms with Gasteiger partial charge in [0.05, 0.1) is 18.2 Å². The molecule has 0 aliphatic heterocycles. The molecule has 0 fully saturated rings. The van der Waals surface area contributed by atoms with Gasteiger partial charge < -0.3 is 15.4 Å². The molecule has 2 N–H and O–H groups in total. The van der Waals surface area contributed by atoms with Gasteiger partial charge in [-0.25, -0.2) is 4.98 Å². The first-order valence-corrected chi connectivity index (χ1v) is 8.55. The third-order valence-corrected chi connectivity index (χ3v) is 3.71. The van der Waals surface area contributed by atoms with Crippen molar-refractivity contribution in [2.75, 3.05) is 11.9 Å². The van der Waals surface area contributed by atoms with E-state index in [9.17, 15) is 9.59 Å². The van der Waals surface area contributed by atoms with Gasteiger partial charge >= 0.3 is 0 Å². The molecule has 0 bridgehead atoms. The van der Waals surface area contributed by atoms with E-state index < -0.39 is 0 Å². The molecule has 2 aromatic rings. The average molecular weight is 355 g/mol. The molecule has 0 unspecified atom stereocenters. The van der Waals surface area contributed by atoms with Gasteiger partial charge in [0.1, 0.15) is 0 Å². The Hall–Kier alpha value is -2.89. The molecule has 2 amide bonds. The summed E-state index contributed by atoms with van der Waals surface area (Å²) in [7, 11) is 0. The Bertz CT molecular complexity index is 775. The van der Waals surface area contributed by atoms with Crippen molar-refractivity contribution in [1.82, 2.24) is 10.3 Å². The Morgan fingerprint density at radius 3 is 2.31 bits per heavy atom. The number of carbonyl (C=O) groups excluding carboxylic acids is 2. The van der Waals surface area contributed by atoms with Crippen molar-refractivity contribution in [2.24, 2.45) is 0 Å². The summed E-state index contributed by atoms with van der Waals surface area (Å²) in [6, 6.07) is 7.27. The summed E-state index contributed by atoms with van der Waals surface area (Å²) in [5.41, 5.74) is 4.28. The van der Waals surface area contributed by atoms with E-state index in [1.165, 1.54) is 6.20 Å². The number of pyridine rings is 1. The van der Waals surface area contributed by atoms with Crippen molar-refractivity contribution in [2.45, 2.75) is 40.7 Å². The zero-order chi connectivity index (χ0) is 19.3. The second-order valence-corrected chi connectivity index (χ2v) is 6.56. The molecule has 0 spiro atoms. The molecule has 0 atom stereocenters. The molecular weight excluding hydrogens is 330 g/mol. The molecule has 0 saturated carbocycles. The topological polar surface area (TPSA) is 80.3 Å².